The molecular weight excluding hydrogens is 560 g/mol. The summed E-state index contributed by atoms with van der Waals surface area (Å²) in [5.41, 5.74) is 6.80. The molecule has 2 atom stereocenters. The van der Waals surface area contributed by atoms with Crippen molar-refractivity contribution in [1.82, 2.24) is 15.0 Å². The second-order valence-electron chi connectivity index (χ2n) is 11.8. The summed E-state index contributed by atoms with van der Waals surface area (Å²) < 4.78 is 12.9. The number of ether oxygens (including phenoxy) is 1. The summed E-state index contributed by atoms with van der Waals surface area (Å²) in [5, 5.41) is 17.6. The Morgan fingerprint density at radius 3 is 2.16 bits per heavy atom. The van der Waals surface area contributed by atoms with Crippen molar-refractivity contribution in [3.05, 3.63) is 94.8 Å². The minimum Gasteiger partial charge on any atom is -0.480 e. The van der Waals surface area contributed by atoms with Crippen LogP contribution >= 0.6 is 0 Å². The molecular formula is C32H38N6O4Si. The third-order valence-corrected chi connectivity index (χ3v) is 13.2. The number of anilines is 3. The normalized spacial score (nSPS) is 17.3. The van der Waals surface area contributed by atoms with E-state index in [2.05, 4.69) is 60.3 Å². The summed E-state index contributed by atoms with van der Waals surface area (Å²) in [6, 6.07) is 24.3. The molecule has 0 aliphatic heterocycles. The molecule has 0 bridgehead atoms. The first kappa shape index (κ1) is 30.1. The Balaban J connectivity index is 1.64. The molecule has 4 aromatic rings. The molecule has 0 unspecified atom stereocenters. The molecule has 3 N–H and O–H groups in total. The fourth-order valence-corrected chi connectivity index (χ4v) is 11.0. The minimum absolute atomic E-state index is 0.138. The molecule has 1 fully saturated rings. The van der Waals surface area contributed by atoms with Gasteiger partial charge in [-0.05, 0) is 40.4 Å². The largest absolute Gasteiger partial charge is 0.480 e. The van der Waals surface area contributed by atoms with Crippen LogP contribution in [0.25, 0.3) is 0 Å². The van der Waals surface area contributed by atoms with Gasteiger partial charge in [-0.1, -0.05) is 94.3 Å². The number of rotatable bonds is 9. The van der Waals surface area contributed by atoms with Crippen LogP contribution in [-0.4, -0.2) is 41.4 Å². The monoisotopic (exact) mass is 598 g/mol. The van der Waals surface area contributed by atoms with Crippen LogP contribution in [0.1, 0.15) is 58.1 Å². The summed E-state index contributed by atoms with van der Waals surface area (Å²) >= 11 is 0. The van der Waals surface area contributed by atoms with Gasteiger partial charge in [-0.3, -0.25) is 10.1 Å². The number of hydrogen-bond acceptors (Lipinski definition) is 9. The van der Waals surface area contributed by atoms with E-state index in [-0.39, 0.29) is 40.2 Å². The van der Waals surface area contributed by atoms with Gasteiger partial charge in [0.25, 0.3) is 8.32 Å². The number of nitrogens with zero attached hydrogens (tertiary/aromatic N) is 4. The SMILES string of the molecule is COc1ncccc1Nc1nc(N)c([N+](=O)[O-])c([C@@H]2CCCC[C@@H]2O[Si](c2ccccc2)(c2ccccc2)C(C)(C)C)n1. The summed E-state index contributed by atoms with van der Waals surface area (Å²) in [5.74, 6) is -0.0816. The molecule has 1 saturated carbocycles. The van der Waals surface area contributed by atoms with Gasteiger partial charge in [-0.25, -0.2) is 9.97 Å². The van der Waals surface area contributed by atoms with Crippen LogP contribution < -0.4 is 26.2 Å². The smallest absolute Gasteiger partial charge is 0.332 e. The van der Waals surface area contributed by atoms with Gasteiger partial charge in [0.05, 0.1) is 18.1 Å². The van der Waals surface area contributed by atoms with Crippen LogP contribution in [0.4, 0.5) is 23.1 Å². The summed E-state index contributed by atoms with van der Waals surface area (Å²) in [4.78, 5) is 25.1. The molecule has 43 heavy (non-hydrogen) atoms. The maximum Gasteiger partial charge on any atom is 0.332 e. The number of hydrogen-bond donors (Lipinski definition) is 2. The molecule has 0 saturated heterocycles. The number of aromatic nitrogens is 3. The van der Waals surface area contributed by atoms with Crippen LogP contribution in [0, 0.1) is 10.1 Å². The Morgan fingerprint density at radius 2 is 1.58 bits per heavy atom. The lowest BCUT2D eigenvalue weighted by Crippen LogP contribution is -2.68. The molecule has 2 aromatic heterocycles. The maximum atomic E-state index is 12.4. The minimum atomic E-state index is -2.94. The topological polar surface area (TPSA) is 138 Å². The lowest BCUT2D eigenvalue weighted by atomic mass is 9.83. The van der Waals surface area contributed by atoms with E-state index in [1.807, 2.05) is 36.4 Å². The molecule has 10 nitrogen and oxygen atoms in total. The zero-order valence-electron chi connectivity index (χ0n) is 25.0. The Labute approximate surface area is 253 Å². The quantitative estimate of drug-likeness (QED) is 0.141. The Bertz CT molecular complexity index is 1530. The molecule has 0 radical (unpaired) electrons. The van der Waals surface area contributed by atoms with Crippen molar-refractivity contribution >= 4 is 41.8 Å². The first-order valence-corrected chi connectivity index (χ1v) is 16.4. The predicted octanol–water partition coefficient (Wildman–Crippen LogP) is 5.72. The molecule has 224 valence electrons. The number of pyridine rings is 1. The lowest BCUT2D eigenvalue weighted by molar-refractivity contribution is -0.385. The fraction of sp³-hybridized carbons (Fsp3) is 0.344. The van der Waals surface area contributed by atoms with E-state index in [1.165, 1.54) is 7.11 Å². The Morgan fingerprint density at radius 1 is 0.953 bits per heavy atom. The molecule has 0 spiro atoms. The van der Waals surface area contributed by atoms with Crippen LogP contribution in [0.3, 0.4) is 0 Å². The standard InChI is InChI=1S/C32H38N6O4Si/c1-32(2,3)43(22-14-7-5-8-15-22,23-16-9-6-10-17-23)42-26-20-12-11-18-24(26)27-28(38(39)40)29(33)37-31(36-27)35-25-19-13-21-34-30(25)41-4/h5-10,13-17,19,21,24,26H,11-12,18,20H2,1-4H3,(H3,33,35,36,37)/t24-,26+/m1/s1. The fourth-order valence-electron chi connectivity index (χ4n) is 6.23. The molecule has 2 aromatic carbocycles. The van der Waals surface area contributed by atoms with E-state index < -0.39 is 13.2 Å². The number of nitrogen functional groups attached to an aromatic ring is 1. The molecule has 0 amide bonds. The van der Waals surface area contributed by atoms with E-state index in [0.29, 0.717) is 18.0 Å². The third kappa shape index (κ3) is 5.95. The molecule has 2 heterocycles. The second kappa shape index (κ2) is 12.5. The van der Waals surface area contributed by atoms with Gasteiger partial charge in [0.15, 0.2) is 0 Å². The van der Waals surface area contributed by atoms with E-state index in [4.69, 9.17) is 19.9 Å². The van der Waals surface area contributed by atoms with Gasteiger partial charge in [0.1, 0.15) is 11.4 Å². The first-order valence-electron chi connectivity index (χ1n) is 14.5. The van der Waals surface area contributed by atoms with Crippen molar-refractivity contribution < 1.29 is 14.1 Å². The highest BCUT2D eigenvalue weighted by molar-refractivity contribution is 6.99. The van der Waals surface area contributed by atoms with Crippen molar-refractivity contribution in [2.24, 2.45) is 0 Å². The van der Waals surface area contributed by atoms with E-state index >= 15 is 0 Å². The van der Waals surface area contributed by atoms with Crippen molar-refractivity contribution in [2.75, 3.05) is 18.2 Å². The van der Waals surface area contributed by atoms with Gasteiger partial charge in [-0.2, -0.15) is 4.98 Å². The first-order chi connectivity index (χ1) is 20.7. The van der Waals surface area contributed by atoms with Gasteiger partial charge >= 0.3 is 5.69 Å². The average Bonchev–Trinajstić information content (AvgIpc) is 3.00. The third-order valence-electron chi connectivity index (χ3n) is 8.13. The van der Waals surface area contributed by atoms with Gasteiger partial charge < -0.3 is 20.2 Å². The van der Waals surface area contributed by atoms with Crippen molar-refractivity contribution in [3.63, 3.8) is 0 Å². The highest BCUT2D eigenvalue weighted by atomic mass is 28.4. The van der Waals surface area contributed by atoms with Crippen LogP contribution in [-0.2, 0) is 4.43 Å². The van der Waals surface area contributed by atoms with Crippen molar-refractivity contribution in [3.8, 4) is 5.88 Å². The number of benzene rings is 2. The number of nitro groups is 1. The van der Waals surface area contributed by atoms with E-state index in [1.54, 1.807) is 18.3 Å². The average molecular weight is 599 g/mol. The number of methoxy groups -OCH3 is 1. The molecule has 1 aliphatic rings. The molecule has 11 heteroatoms. The highest BCUT2D eigenvalue weighted by Gasteiger charge is 2.53. The maximum absolute atomic E-state index is 12.4. The van der Waals surface area contributed by atoms with Crippen LogP contribution in [0.15, 0.2) is 79.0 Å². The zero-order chi connectivity index (χ0) is 30.6. The Kier molecular flexibility index (Phi) is 8.74. The van der Waals surface area contributed by atoms with E-state index in [0.717, 1.165) is 29.6 Å². The second-order valence-corrected chi connectivity index (χ2v) is 16.1. The summed E-state index contributed by atoms with van der Waals surface area (Å²) in [7, 11) is -1.43. The molecule has 5 rings (SSSR count). The predicted molar refractivity (Wildman–Crippen MR) is 171 cm³/mol. The highest BCUT2D eigenvalue weighted by Crippen LogP contribution is 2.45. The van der Waals surface area contributed by atoms with Crippen molar-refractivity contribution in [1.29, 1.82) is 0 Å². The summed E-state index contributed by atoms with van der Waals surface area (Å²) in [6.07, 6.45) is 4.55. The van der Waals surface area contributed by atoms with E-state index in [9.17, 15) is 10.1 Å². The van der Waals surface area contributed by atoms with Gasteiger partial charge in [0.2, 0.25) is 17.6 Å². The van der Waals surface area contributed by atoms with Crippen molar-refractivity contribution in [2.45, 2.75) is 63.5 Å². The lowest BCUT2D eigenvalue weighted by Gasteiger charge is -2.47. The van der Waals surface area contributed by atoms with Crippen LogP contribution in [0.5, 0.6) is 5.88 Å². The Hall–Kier alpha value is -4.35. The summed E-state index contributed by atoms with van der Waals surface area (Å²) in [6.45, 7) is 6.68. The van der Waals surface area contributed by atoms with Gasteiger partial charge in [-0.15, -0.1) is 0 Å². The molecule has 1 aliphatic carbocycles. The number of nitrogens with one attached hydrogen (secondary N) is 1. The van der Waals surface area contributed by atoms with Crippen LogP contribution in [0.2, 0.25) is 5.04 Å². The van der Waals surface area contributed by atoms with Gasteiger partial charge in [0, 0.05) is 12.1 Å². The number of nitrogens with two attached hydrogens (primary N) is 1. The zero-order valence-corrected chi connectivity index (χ0v) is 26.0.